The van der Waals surface area contributed by atoms with E-state index in [9.17, 15) is 18.0 Å². The lowest BCUT2D eigenvalue weighted by molar-refractivity contribution is -0.137. The molecule has 0 spiro atoms. The Hall–Kier alpha value is -2.41. The van der Waals surface area contributed by atoms with Gasteiger partial charge in [-0.05, 0) is 48.0 Å². The van der Waals surface area contributed by atoms with Crippen LogP contribution in [0.25, 0.3) is 22.4 Å². The fourth-order valence-corrected chi connectivity index (χ4v) is 3.04. The Labute approximate surface area is 156 Å². The van der Waals surface area contributed by atoms with Crippen LogP contribution in [0.15, 0.2) is 51.9 Å². The second kappa shape index (κ2) is 6.72. The predicted octanol–water partition coefficient (Wildman–Crippen LogP) is 5.50. The summed E-state index contributed by atoms with van der Waals surface area (Å²) in [7, 11) is 0. The van der Waals surface area contributed by atoms with Crippen molar-refractivity contribution >= 4 is 15.9 Å². The highest BCUT2D eigenvalue weighted by atomic mass is 79.9. The highest BCUT2D eigenvalue weighted by molar-refractivity contribution is 9.10. The molecule has 0 saturated heterocycles. The monoisotopic (exact) mass is 422 g/mol. The maximum Gasteiger partial charge on any atom is 0.416 e. The summed E-state index contributed by atoms with van der Waals surface area (Å²) in [5.41, 5.74) is 2.87. The maximum atomic E-state index is 12.6. The van der Waals surface area contributed by atoms with Gasteiger partial charge in [-0.2, -0.15) is 13.2 Å². The van der Waals surface area contributed by atoms with Crippen LogP contribution in [0, 0.1) is 13.8 Å². The van der Waals surface area contributed by atoms with E-state index in [-0.39, 0.29) is 5.43 Å². The summed E-state index contributed by atoms with van der Waals surface area (Å²) in [6.45, 7) is 3.61. The van der Waals surface area contributed by atoms with Crippen molar-refractivity contribution in [3.63, 3.8) is 0 Å². The molecule has 0 fully saturated rings. The van der Waals surface area contributed by atoms with Gasteiger partial charge in [-0.15, -0.1) is 0 Å². The van der Waals surface area contributed by atoms with E-state index in [1.165, 1.54) is 12.1 Å². The number of H-pyrrole nitrogens is 1. The van der Waals surface area contributed by atoms with Gasteiger partial charge in [0.15, 0.2) is 0 Å². The van der Waals surface area contributed by atoms with Gasteiger partial charge in [0.25, 0.3) is 0 Å². The molecule has 0 aliphatic carbocycles. The van der Waals surface area contributed by atoms with Crippen LogP contribution >= 0.6 is 15.9 Å². The van der Waals surface area contributed by atoms with E-state index in [4.69, 9.17) is 0 Å². The molecular formula is C19H14BrF3N2O. The van der Waals surface area contributed by atoms with E-state index in [2.05, 4.69) is 25.9 Å². The van der Waals surface area contributed by atoms with Crippen LogP contribution in [0.2, 0.25) is 0 Å². The second-order valence-corrected chi connectivity index (χ2v) is 6.69. The molecule has 0 radical (unpaired) electrons. The average Bonchev–Trinajstić information content (AvgIpc) is 2.60. The molecule has 3 rings (SSSR count). The van der Waals surface area contributed by atoms with E-state index in [0.717, 1.165) is 23.5 Å². The molecule has 2 aromatic heterocycles. The standard InChI is InChI=1S/C19H14BrF3N2O/c1-10-16(18(26)17(20)11(2)25-10)13-5-8-15(24-9-13)12-3-6-14(7-4-12)19(21,22)23/h3-9H,1-2H3,(H,25,26). The van der Waals surface area contributed by atoms with Crippen LogP contribution in [0.4, 0.5) is 13.2 Å². The van der Waals surface area contributed by atoms with Gasteiger partial charge in [-0.3, -0.25) is 9.78 Å². The van der Waals surface area contributed by atoms with E-state index >= 15 is 0 Å². The number of nitrogens with zero attached hydrogens (tertiary/aromatic N) is 1. The Balaban J connectivity index is 1.98. The molecule has 0 aliphatic rings. The number of benzene rings is 1. The molecule has 3 aromatic rings. The largest absolute Gasteiger partial charge is 0.416 e. The zero-order chi connectivity index (χ0) is 19.1. The molecule has 0 bridgehead atoms. The van der Waals surface area contributed by atoms with Crippen LogP contribution < -0.4 is 5.43 Å². The SMILES string of the molecule is Cc1[nH]c(C)c(-c2ccc(-c3ccc(C(F)(F)F)cc3)nc2)c(=O)c1Br. The molecule has 3 nitrogen and oxygen atoms in total. The van der Waals surface area contributed by atoms with Gasteiger partial charge in [-0.25, -0.2) is 0 Å². The molecule has 26 heavy (non-hydrogen) atoms. The number of alkyl halides is 3. The summed E-state index contributed by atoms with van der Waals surface area (Å²) in [4.78, 5) is 19.9. The minimum Gasteiger partial charge on any atom is -0.361 e. The van der Waals surface area contributed by atoms with Gasteiger partial charge in [0.1, 0.15) is 0 Å². The molecule has 1 N–H and O–H groups in total. The van der Waals surface area contributed by atoms with E-state index in [1.54, 1.807) is 32.2 Å². The van der Waals surface area contributed by atoms with Crippen molar-refractivity contribution in [2.75, 3.05) is 0 Å². The van der Waals surface area contributed by atoms with Gasteiger partial charge < -0.3 is 4.98 Å². The number of aromatic amines is 1. The summed E-state index contributed by atoms with van der Waals surface area (Å²) >= 11 is 3.28. The first-order valence-corrected chi connectivity index (χ1v) is 8.51. The molecule has 0 amide bonds. The first kappa shape index (κ1) is 18.4. The van der Waals surface area contributed by atoms with Crippen LogP contribution in [-0.4, -0.2) is 9.97 Å². The molecule has 0 saturated carbocycles. The molecule has 0 aliphatic heterocycles. The van der Waals surface area contributed by atoms with Gasteiger partial charge in [-0.1, -0.05) is 18.2 Å². The van der Waals surface area contributed by atoms with Gasteiger partial charge >= 0.3 is 6.18 Å². The molecular weight excluding hydrogens is 409 g/mol. The average molecular weight is 423 g/mol. The van der Waals surface area contributed by atoms with E-state index in [0.29, 0.717) is 26.9 Å². The number of hydrogen-bond acceptors (Lipinski definition) is 2. The van der Waals surface area contributed by atoms with Gasteiger partial charge in [0, 0.05) is 28.7 Å². The first-order chi connectivity index (χ1) is 12.2. The first-order valence-electron chi connectivity index (χ1n) is 7.71. The number of pyridine rings is 2. The fraction of sp³-hybridized carbons (Fsp3) is 0.158. The Morgan fingerprint density at radius 3 is 2.12 bits per heavy atom. The Bertz CT molecular complexity index is 1010. The highest BCUT2D eigenvalue weighted by Gasteiger charge is 2.30. The number of nitrogens with one attached hydrogen (secondary N) is 1. The fourth-order valence-electron chi connectivity index (χ4n) is 2.74. The molecule has 0 unspecified atom stereocenters. The number of halogens is 4. The minimum atomic E-state index is -4.37. The van der Waals surface area contributed by atoms with Crippen molar-refractivity contribution in [1.82, 2.24) is 9.97 Å². The zero-order valence-electron chi connectivity index (χ0n) is 13.9. The summed E-state index contributed by atoms with van der Waals surface area (Å²) in [5, 5.41) is 0. The van der Waals surface area contributed by atoms with Crippen molar-refractivity contribution < 1.29 is 13.2 Å². The topological polar surface area (TPSA) is 45.8 Å². The normalized spacial score (nSPS) is 11.6. The van der Waals surface area contributed by atoms with Gasteiger partial charge in [0.05, 0.1) is 21.3 Å². The van der Waals surface area contributed by atoms with Crippen molar-refractivity contribution in [1.29, 1.82) is 0 Å². The molecule has 134 valence electrons. The number of hydrogen-bond donors (Lipinski definition) is 1. The van der Waals surface area contributed by atoms with E-state index < -0.39 is 11.7 Å². The third kappa shape index (κ3) is 3.44. The van der Waals surface area contributed by atoms with Crippen LogP contribution in [0.3, 0.4) is 0 Å². The lowest BCUT2D eigenvalue weighted by Gasteiger charge is -2.10. The Kier molecular flexibility index (Phi) is 4.75. The Morgan fingerprint density at radius 1 is 0.962 bits per heavy atom. The number of rotatable bonds is 2. The summed E-state index contributed by atoms with van der Waals surface area (Å²) in [6.07, 6.45) is -2.82. The summed E-state index contributed by atoms with van der Waals surface area (Å²) in [6, 6.07) is 8.23. The second-order valence-electron chi connectivity index (χ2n) is 5.90. The van der Waals surface area contributed by atoms with Crippen molar-refractivity contribution in [3.8, 4) is 22.4 Å². The molecule has 2 heterocycles. The number of aryl methyl sites for hydroxylation is 2. The molecule has 7 heteroatoms. The molecule has 1 aromatic carbocycles. The van der Waals surface area contributed by atoms with Crippen LogP contribution in [0.5, 0.6) is 0 Å². The van der Waals surface area contributed by atoms with Crippen molar-refractivity contribution in [2.24, 2.45) is 0 Å². The Morgan fingerprint density at radius 2 is 1.58 bits per heavy atom. The van der Waals surface area contributed by atoms with Crippen LogP contribution in [-0.2, 0) is 6.18 Å². The maximum absolute atomic E-state index is 12.6. The lowest BCUT2D eigenvalue weighted by Crippen LogP contribution is -2.12. The quantitative estimate of drug-likeness (QED) is 0.592. The van der Waals surface area contributed by atoms with Crippen LogP contribution in [0.1, 0.15) is 17.0 Å². The summed E-state index contributed by atoms with van der Waals surface area (Å²) < 4.78 is 38.4. The smallest absolute Gasteiger partial charge is 0.361 e. The van der Waals surface area contributed by atoms with Gasteiger partial charge in [0.2, 0.25) is 5.43 Å². The van der Waals surface area contributed by atoms with E-state index in [1.807, 2.05) is 0 Å². The minimum absolute atomic E-state index is 0.136. The van der Waals surface area contributed by atoms with Crippen molar-refractivity contribution in [2.45, 2.75) is 20.0 Å². The third-order valence-corrected chi connectivity index (χ3v) is 5.02. The lowest BCUT2D eigenvalue weighted by atomic mass is 10.0. The number of aromatic nitrogens is 2. The highest BCUT2D eigenvalue weighted by Crippen LogP contribution is 2.31. The van der Waals surface area contributed by atoms with Crippen molar-refractivity contribution in [3.05, 3.63) is 74.2 Å². The zero-order valence-corrected chi connectivity index (χ0v) is 15.5. The predicted molar refractivity (Wildman–Crippen MR) is 97.9 cm³/mol. The third-order valence-electron chi connectivity index (χ3n) is 4.07. The molecule has 0 atom stereocenters. The summed E-state index contributed by atoms with van der Waals surface area (Å²) in [5.74, 6) is 0.